The molecule has 6 heteroatoms. The van der Waals surface area contributed by atoms with E-state index < -0.39 is 17.9 Å². The molecule has 1 atom stereocenters. The van der Waals surface area contributed by atoms with Crippen LogP contribution in [0.4, 0.5) is 13.2 Å². The van der Waals surface area contributed by atoms with Gasteiger partial charge in [0.2, 0.25) is 0 Å². The zero-order valence-corrected chi connectivity index (χ0v) is 14.6. The summed E-state index contributed by atoms with van der Waals surface area (Å²) in [6.07, 6.45) is -1.56. The van der Waals surface area contributed by atoms with Crippen LogP contribution in [0.3, 0.4) is 0 Å². The molecule has 0 aliphatic carbocycles. The summed E-state index contributed by atoms with van der Waals surface area (Å²) in [4.78, 5) is 12.2. The molecule has 3 nitrogen and oxygen atoms in total. The van der Waals surface area contributed by atoms with Crippen molar-refractivity contribution < 1.29 is 22.7 Å². The molecule has 2 aromatic carbocycles. The monoisotopic (exact) mass is 363 g/mol. The van der Waals surface area contributed by atoms with E-state index in [4.69, 9.17) is 4.74 Å². The lowest BCUT2D eigenvalue weighted by molar-refractivity contribution is 0.0936. The number of hydrogen-bond acceptors (Lipinski definition) is 2. The summed E-state index contributed by atoms with van der Waals surface area (Å²) in [6.45, 7) is 1.79. The van der Waals surface area contributed by atoms with E-state index in [1.165, 1.54) is 19.2 Å². The largest absolute Gasteiger partial charge is 0.494 e. The smallest absolute Gasteiger partial charge is 0.274 e. The predicted molar refractivity (Wildman–Crippen MR) is 94.7 cm³/mol. The summed E-state index contributed by atoms with van der Waals surface area (Å²) in [5.41, 5.74) is 0.218. The fraction of sp³-hybridized carbons (Fsp3) is 0.250. The van der Waals surface area contributed by atoms with E-state index in [1.807, 2.05) is 0 Å². The predicted octanol–water partition coefficient (Wildman–Crippen LogP) is 5.04. The Morgan fingerprint density at radius 1 is 1.12 bits per heavy atom. The standard InChI is InChI=1S/C20H20F3NO2/c1-3-15(24-20(25)13-7-5-4-6-8-13)12-16(19(22)23)14-9-10-18(26-2)17(21)11-14/h4-11,15H,3,12H2,1-2H3,(H,24,25). The Morgan fingerprint density at radius 3 is 2.35 bits per heavy atom. The maximum atomic E-state index is 13.9. The molecule has 0 saturated heterocycles. The van der Waals surface area contributed by atoms with Crippen molar-refractivity contribution in [1.29, 1.82) is 0 Å². The van der Waals surface area contributed by atoms with Gasteiger partial charge in [-0.05, 0) is 42.7 Å². The molecule has 2 aromatic rings. The minimum absolute atomic E-state index is 0.0169. The quantitative estimate of drug-likeness (QED) is 0.748. The van der Waals surface area contributed by atoms with Crippen LogP contribution in [-0.2, 0) is 0 Å². The van der Waals surface area contributed by atoms with Crippen molar-refractivity contribution in [3.63, 3.8) is 0 Å². The average Bonchev–Trinajstić information content (AvgIpc) is 2.65. The van der Waals surface area contributed by atoms with Crippen LogP contribution in [0.15, 0.2) is 54.6 Å². The van der Waals surface area contributed by atoms with Crippen molar-refractivity contribution in [2.24, 2.45) is 0 Å². The first kappa shape index (κ1) is 19.6. The van der Waals surface area contributed by atoms with E-state index in [1.54, 1.807) is 37.3 Å². The third-order valence-corrected chi connectivity index (χ3v) is 4.04. The van der Waals surface area contributed by atoms with E-state index in [0.717, 1.165) is 6.07 Å². The fourth-order valence-corrected chi connectivity index (χ4v) is 2.56. The first-order valence-electron chi connectivity index (χ1n) is 8.20. The first-order valence-corrected chi connectivity index (χ1v) is 8.20. The number of nitrogens with one attached hydrogen (secondary N) is 1. The van der Waals surface area contributed by atoms with Gasteiger partial charge < -0.3 is 10.1 Å². The third kappa shape index (κ3) is 4.88. The highest BCUT2D eigenvalue weighted by Crippen LogP contribution is 2.29. The summed E-state index contributed by atoms with van der Waals surface area (Å²) >= 11 is 0. The lowest BCUT2D eigenvalue weighted by Crippen LogP contribution is -2.34. The van der Waals surface area contributed by atoms with Gasteiger partial charge >= 0.3 is 0 Å². The molecule has 0 saturated carbocycles. The van der Waals surface area contributed by atoms with Crippen LogP contribution in [0.5, 0.6) is 5.75 Å². The van der Waals surface area contributed by atoms with Gasteiger partial charge in [-0.2, -0.15) is 8.78 Å². The molecule has 0 spiro atoms. The maximum absolute atomic E-state index is 13.9. The van der Waals surface area contributed by atoms with Crippen molar-refractivity contribution >= 4 is 11.5 Å². The van der Waals surface area contributed by atoms with Gasteiger partial charge in [-0.3, -0.25) is 4.79 Å². The number of carbonyl (C=O) groups is 1. The van der Waals surface area contributed by atoms with E-state index in [9.17, 15) is 18.0 Å². The second-order valence-electron chi connectivity index (χ2n) is 5.74. The highest BCUT2D eigenvalue weighted by molar-refractivity contribution is 5.94. The molecule has 0 aliphatic heterocycles. The number of carbonyl (C=O) groups excluding carboxylic acids is 1. The van der Waals surface area contributed by atoms with Crippen LogP contribution in [0.1, 0.15) is 35.7 Å². The summed E-state index contributed by atoms with van der Waals surface area (Å²) in [5, 5.41) is 2.75. The van der Waals surface area contributed by atoms with Crippen molar-refractivity contribution in [3.05, 3.63) is 71.6 Å². The zero-order valence-electron chi connectivity index (χ0n) is 14.6. The minimum atomic E-state index is -1.90. The van der Waals surface area contributed by atoms with Gasteiger partial charge in [0.05, 0.1) is 7.11 Å². The molecule has 0 aromatic heterocycles. The third-order valence-electron chi connectivity index (χ3n) is 4.04. The minimum Gasteiger partial charge on any atom is -0.494 e. The number of benzene rings is 2. The van der Waals surface area contributed by atoms with Gasteiger partial charge in [0.25, 0.3) is 12.0 Å². The van der Waals surface area contributed by atoms with Gasteiger partial charge in [-0.1, -0.05) is 31.2 Å². The maximum Gasteiger partial charge on any atom is 0.274 e. The van der Waals surface area contributed by atoms with Crippen LogP contribution in [0.25, 0.3) is 5.57 Å². The highest BCUT2D eigenvalue weighted by atomic mass is 19.3. The van der Waals surface area contributed by atoms with Crippen molar-refractivity contribution in [2.75, 3.05) is 7.11 Å². The second kappa shape index (κ2) is 9.08. The van der Waals surface area contributed by atoms with Gasteiger partial charge in [0.1, 0.15) is 0 Å². The summed E-state index contributed by atoms with van der Waals surface area (Å²) in [7, 11) is 1.30. The van der Waals surface area contributed by atoms with Gasteiger partial charge in [0, 0.05) is 17.2 Å². The molecule has 0 bridgehead atoms. The molecule has 26 heavy (non-hydrogen) atoms. The van der Waals surface area contributed by atoms with Gasteiger partial charge in [-0.15, -0.1) is 0 Å². The molecular weight excluding hydrogens is 343 g/mol. The number of methoxy groups -OCH3 is 1. The molecule has 138 valence electrons. The molecule has 0 radical (unpaired) electrons. The zero-order chi connectivity index (χ0) is 19.1. The average molecular weight is 363 g/mol. The van der Waals surface area contributed by atoms with Gasteiger partial charge in [-0.25, -0.2) is 4.39 Å². The molecule has 2 rings (SSSR count). The molecule has 1 amide bonds. The Bertz CT molecular complexity index is 787. The summed E-state index contributed by atoms with van der Waals surface area (Å²) < 4.78 is 45.6. The Kier molecular flexibility index (Phi) is 6.83. The SMILES string of the molecule is CCC(CC(=C(F)F)c1ccc(OC)c(F)c1)NC(=O)c1ccccc1. The van der Waals surface area contributed by atoms with Gasteiger partial charge in [0.15, 0.2) is 11.6 Å². The number of rotatable bonds is 7. The van der Waals surface area contributed by atoms with Crippen LogP contribution in [0.2, 0.25) is 0 Å². The van der Waals surface area contributed by atoms with Crippen molar-refractivity contribution in [2.45, 2.75) is 25.8 Å². The Labute approximate surface area is 150 Å². The van der Waals surface area contributed by atoms with Crippen LogP contribution in [0, 0.1) is 5.82 Å². The Balaban J connectivity index is 2.19. The molecule has 1 unspecified atom stereocenters. The summed E-state index contributed by atoms with van der Waals surface area (Å²) in [5.74, 6) is -1.07. The Hall–Kier alpha value is -2.76. The lowest BCUT2D eigenvalue weighted by Gasteiger charge is -2.19. The van der Waals surface area contributed by atoms with Crippen LogP contribution >= 0.6 is 0 Å². The lowest BCUT2D eigenvalue weighted by atomic mass is 9.97. The van der Waals surface area contributed by atoms with Crippen LogP contribution < -0.4 is 10.1 Å². The highest BCUT2D eigenvalue weighted by Gasteiger charge is 2.19. The molecule has 0 heterocycles. The van der Waals surface area contributed by atoms with E-state index >= 15 is 0 Å². The Morgan fingerprint density at radius 2 is 1.81 bits per heavy atom. The molecule has 1 N–H and O–H groups in total. The van der Waals surface area contributed by atoms with E-state index in [2.05, 4.69) is 5.32 Å². The summed E-state index contributed by atoms with van der Waals surface area (Å²) in [6, 6.07) is 11.7. The number of ether oxygens (including phenoxy) is 1. The number of halogens is 3. The fourth-order valence-electron chi connectivity index (χ4n) is 2.56. The first-order chi connectivity index (χ1) is 12.5. The normalized spacial score (nSPS) is 11.6. The topological polar surface area (TPSA) is 38.3 Å². The van der Waals surface area contributed by atoms with E-state index in [0.29, 0.717) is 12.0 Å². The molecule has 0 fully saturated rings. The second-order valence-corrected chi connectivity index (χ2v) is 5.74. The number of hydrogen-bond donors (Lipinski definition) is 1. The van der Waals surface area contributed by atoms with Crippen molar-refractivity contribution in [3.8, 4) is 5.75 Å². The van der Waals surface area contributed by atoms with Crippen LogP contribution in [-0.4, -0.2) is 19.1 Å². The number of amides is 1. The molecule has 0 aliphatic rings. The molecular formula is C20H20F3NO2. The van der Waals surface area contributed by atoms with E-state index in [-0.39, 0.29) is 29.2 Å². The van der Waals surface area contributed by atoms with Crippen molar-refractivity contribution in [1.82, 2.24) is 5.32 Å².